The highest BCUT2D eigenvalue weighted by atomic mass is 35.5. The van der Waals surface area contributed by atoms with Crippen molar-refractivity contribution in [1.82, 2.24) is 25.1 Å². The van der Waals surface area contributed by atoms with Crippen LogP contribution < -0.4 is 4.90 Å². The number of rotatable bonds is 4. The molecule has 5 rings (SSSR count). The van der Waals surface area contributed by atoms with E-state index in [9.17, 15) is 4.79 Å². The number of nitrogens with zero attached hydrogens (tertiary/aromatic N) is 5. The number of H-pyrrole nitrogens is 1. The van der Waals surface area contributed by atoms with E-state index < -0.39 is 5.82 Å². The third-order valence-corrected chi connectivity index (χ3v) is 6.67. The number of halogens is 2. The maximum atomic E-state index is 16.2. The summed E-state index contributed by atoms with van der Waals surface area (Å²) in [7, 11) is 0. The minimum absolute atomic E-state index is 0.0936. The van der Waals surface area contributed by atoms with Crippen LogP contribution in [0.25, 0.3) is 32.9 Å². The Hall–Kier alpha value is -3.52. The van der Waals surface area contributed by atoms with Gasteiger partial charge >= 0.3 is 0 Å². The van der Waals surface area contributed by atoms with E-state index in [-0.39, 0.29) is 16.4 Å². The fourth-order valence-electron chi connectivity index (χ4n) is 4.58. The average Bonchev–Trinajstić information content (AvgIpc) is 3.33. The van der Waals surface area contributed by atoms with E-state index in [1.165, 1.54) is 6.08 Å². The number of carbonyl (C=O) groups excluding carboxylic acids is 1. The Morgan fingerprint density at radius 2 is 1.97 bits per heavy atom. The molecule has 4 aromatic rings. The number of piperazine rings is 1. The molecular weight excluding hydrogens is 455 g/mol. The molecule has 1 N–H and O–H groups in total. The van der Waals surface area contributed by atoms with Gasteiger partial charge in [-0.15, -0.1) is 0 Å². The second kappa shape index (κ2) is 8.68. The number of aromatic amines is 1. The Balaban J connectivity index is 1.68. The predicted octanol–water partition coefficient (Wildman–Crippen LogP) is 4.67. The minimum atomic E-state index is -0.474. The van der Waals surface area contributed by atoms with Gasteiger partial charge in [0.1, 0.15) is 17.2 Å². The second-order valence-corrected chi connectivity index (χ2v) is 8.77. The molecule has 0 unspecified atom stereocenters. The van der Waals surface area contributed by atoms with Gasteiger partial charge < -0.3 is 9.80 Å². The van der Waals surface area contributed by atoms with Crippen LogP contribution in [0.3, 0.4) is 0 Å². The molecule has 0 atom stereocenters. The molecule has 2 aromatic heterocycles. The zero-order chi connectivity index (χ0) is 24.0. The van der Waals surface area contributed by atoms with Gasteiger partial charge in [0, 0.05) is 54.5 Å². The number of hydrogen-bond acceptors (Lipinski definition) is 5. The molecule has 1 aliphatic rings. The first kappa shape index (κ1) is 22.3. The molecule has 1 saturated heterocycles. The van der Waals surface area contributed by atoms with Crippen molar-refractivity contribution in [2.45, 2.75) is 20.3 Å². The molecule has 0 aliphatic carbocycles. The molecule has 2 aromatic carbocycles. The van der Waals surface area contributed by atoms with Crippen LogP contribution in [0.4, 0.5) is 10.2 Å². The molecule has 3 heterocycles. The summed E-state index contributed by atoms with van der Waals surface area (Å²) in [6.07, 6.45) is 3.57. The highest BCUT2D eigenvalue weighted by molar-refractivity contribution is 6.35. The maximum absolute atomic E-state index is 16.2. The Bertz CT molecular complexity index is 1440. The van der Waals surface area contributed by atoms with Gasteiger partial charge in [-0.05, 0) is 30.7 Å². The smallest absolute Gasteiger partial charge is 0.246 e. The van der Waals surface area contributed by atoms with Crippen LogP contribution in [0.2, 0.25) is 5.02 Å². The third kappa shape index (κ3) is 3.58. The van der Waals surface area contributed by atoms with Crippen molar-refractivity contribution < 1.29 is 9.18 Å². The zero-order valence-electron chi connectivity index (χ0n) is 19.0. The fraction of sp³-hybridized carbons (Fsp3) is 0.280. The summed E-state index contributed by atoms with van der Waals surface area (Å²) in [5.74, 6) is 0.623. The van der Waals surface area contributed by atoms with Crippen LogP contribution in [0.15, 0.2) is 37.1 Å². The normalized spacial score (nSPS) is 14.2. The van der Waals surface area contributed by atoms with Crippen LogP contribution >= 0.6 is 11.6 Å². The molecular formula is C25H24ClFN6O. The number of aromatic nitrogens is 4. The lowest BCUT2D eigenvalue weighted by atomic mass is 9.95. The van der Waals surface area contributed by atoms with Gasteiger partial charge in [0.25, 0.3) is 0 Å². The summed E-state index contributed by atoms with van der Waals surface area (Å²) in [6.45, 7) is 9.65. The number of benzene rings is 2. The molecule has 9 heteroatoms. The monoisotopic (exact) mass is 478 g/mol. The minimum Gasteiger partial charge on any atom is -0.352 e. The van der Waals surface area contributed by atoms with Crippen LogP contribution in [-0.4, -0.2) is 57.2 Å². The summed E-state index contributed by atoms with van der Waals surface area (Å²) in [5.41, 5.74) is 2.95. The fourth-order valence-corrected chi connectivity index (χ4v) is 4.87. The first-order valence-electron chi connectivity index (χ1n) is 11.2. The molecule has 1 aliphatic heterocycles. The number of hydrogen-bond donors (Lipinski definition) is 1. The maximum Gasteiger partial charge on any atom is 0.246 e. The lowest BCUT2D eigenvalue weighted by Gasteiger charge is -2.35. The van der Waals surface area contributed by atoms with Crippen molar-refractivity contribution >= 4 is 45.1 Å². The Labute approximate surface area is 201 Å². The van der Waals surface area contributed by atoms with Gasteiger partial charge in [-0.1, -0.05) is 31.2 Å². The van der Waals surface area contributed by atoms with Crippen LogP contribution in [-0.2, 0) is 11.2 Å². The molecule has 0 saturated carbocycles. The van der Waals surface area contributed by atoms with Crippen molar-refractivity contribution in [3.63, 3.8) is 0 Å². The molecule has 0 radical (unpaired) electrons. The zero-order valence-corrected chi connectivity index (χ0v) is 19.8. The third-order valence-electron chi connectivity index (χ3n) is 6.37. The van der Waals surface area contributed by atoms with Gasteiger partial charge in [-0.3, -0.25) is 9.89 Å². The first-order chi connectivity index (χ1) is 16.4. The lowest BCUT2D eigenvalue weighted by molar-refractivity contribution is -0.126. The Morgan fingerprint density at radius 3 is 2.68 bits per heavy atom. The SMILES string of the molecule is C=CC(=O)N1CCN(c2nc(CC)nc3c(F)c(-c4c(C)ccc5[nH]ncc45)c(Cl)cc23)CC1. The lowest BCUT2D eigenvalue weighted by Crippen LogP contribution is -2.48. The highest BCUT2D eigenvalue weighted by Gasteiger charge is 2.26. The van der Waals surface area contributed by atoms with Crippen molar-refractivity contribution in [2.24, 2.45) is 0 Å². The van der Waals surface area contributed by atoms with Crippen LogP contribution in [0, 0.1) is 12.7 Å². The molecule has 174 valence electrons. The Kier molecular flexibility index (Phi) is 5.69. The number of nitrogens with one attached hydrogen (secondary N) is 1. The molecule has 7 nitrogen and oxygen atoms in total. The van der Waals surface area contributed by atoms with E-state index in [1.807, 2.05) is 26.0 Å². The topological polar surface area (TPSA) is 78.0 Å². The number of amides is 1. The molecule has 1 amide bonds. The van der Waals surface area contributed by atoms with E-state index in [4.69, 9.17) is 16.6 Å². The highest BCUT2D eigenvalue weighted by Crippen LogP contribution is 2.41. The van der Waals surface area contributed by atoms with Gasteiger partial charge in [0.05, 0.1) is 16.7 Å². The molecule has 0 bridgehead atoms. The summed E-state index contributed by atoms with van der Waals surface area (Å²) >= 11 is 6.74. The van der Waals surface area contributed by atoms with Gasteiger partial charge in [0.2, 0.25) is 5.91 Å². The van der Waals surface area contributed by atoms with E-state index >= 15 is 4.39 Å². The number of fused-ring (bicyclic) bond motifs is 2. The quantitative estimate of drug-likeness (QED) is 0.431. The molecule has 0 spiro atoms. The number of anilines is 1. The van der Waals surface area contributed by atoms with Crippen molar-refractivity contribution in [2.75, 3.05) is 31.1 Å². The molecule has 34 heavy (non-hydrogen) atoms. The molecule has 1 fully saturated rings. The van der Waals surface area contributed by atoms with E-state index in [0.29, 0.717) is 60.8 Å². The average molecular weight is 479 g/mol. The first-order valence-corrected chi connectivity index (χ1v) is 11.6. The van der Waals surface area contributed by atoms with Crippen molar-refractivity contribution in [3.8, 4) is 11.1 Å². The summed E-state index contributed by atoms with van der Waals surface area (Å²) in [4.78, 5) is 25.1. The standard InChI is InChI=1S/C25H24ClFN6O/c1-4-19-29-24-15(25(30-19)33-10-8-32(9-11-33)20(34)5-2)12-17(26)22(23(24)27)21-14(3)6-7-18-16(21)13-28-31-18/h5-7,12-13H,2,4,8-11H2,1,3H3,(H,28,31). The second-order valence-electron chi connectivity index (χ2n) is 8.37. The summed E-state index contributed by atoms with van der Waals surface area (Å²) in [6, 6.07) is 5.59. The van der Waals surface area contributed by atoms with Gasteiger partial charge in [-0.25, -0.2) is 14.4 Å². The van der Waals surface area contributed by atoms with E-state index in [0.717, 1.165) is 16.5 Å². The number of aryl methyl sites for hydroxylation is 2. The number of carbonyl (C=O) groups is 1. The predicted molar refractivity (Wildman–Crippen MR) is 133 cm³/mol. The van der Waals surface area contributed by atoms with Crippen LogP contribution in [0.5, 0.6) is 0 Å². The summed E-state index contributed by atoms with van der Waals surface area (Å²) < 4.78 is 16.2. The van der Waals surface area contributed by atoms with Gasteiger partial charge in [-0.2, -0.15) is 5.10 Å². The van der Waals surface area contributed by atoms with E-state index in [2.05, 4.69) is 26.7 Å². The Morgan fingerprint density at radius 1 is 1.21 bits per heavy atom. The largest absolute Gasteiger partial charge is 0.352 e. The van der Waals surface area contributed by atoms with Crippen LogP contribution in [0.1, 0.15) is 18.3 Å². The summed E-state index contributed by atoms with van der Waals surface area (Å²) in [5, 5.41) is 8.70. The van der Waals surface area contributed by atoms with E-state index in [1.54, 1.807) is 17.2 Å². The van der Waals surface area contributed by atoms with Gasteiger partial charge in [0.15, 0.2) is 5.82 Å². The van der Waals surface area contributed by atoms with Crippen molar-refractivity contribution in [1.29, 1.82) is 0 Å². The van der Waals surface area contributed by atoms with Crippen molar-refractivity contribution in [3.05, 3.63) is 59.3 Å².